The van der Waals surface area contributed by atoms with Crippen molar-refractivity contribution >= 4 is 11.6 Å². The van der Waals surface area contributed by atoms with Crippen LogP contribution in [0.4, 0.5) is 4.39 Å². The molecule has 0 heterocycles. The summed E-state index contributed by atoms with van der Waals surface area (Å²) < 4.78 is 13.6. The third kappa shape index (κ3) is 2.74. The monoisotopic (exact) mass is 244 g/mol. The van der Waals surface area contributed by atoms with Crippen LogP contribution in [0, 0.1) is 17.2 Å². The predicted octanol–water partition coefficient (Wildman–Crippen LogP) is 3.68. The zero-order chi connectivity index (χ0) is 12.3. The minimum absolute atomic E-state index is 0.0231. The van der Waals surface area contributed by atoms with Gasteiger partial charge in [-0.15, -0.1) is 0 Å². The molecule has 0 aliphatic carbocycles. The number of benzene rings is 1. The van der Waals surface area contributed by atoms with Crippen LogP contribution in [0.2, 0.25) is 5.02 Å². The number of hydrogen-bond acceptors (Lipinski definition) is 1. The third-order valence-electron chi connectivity index (χ3n) is 3.40. The maximum Gasteiger partial charge on any atom is 0.127 e. The van der Waals surface area contributed by atoms with E-state index in [1.165, 1.54) is 6.07 Å². The molecule has 0 aromatic heterocycles. The van der Waals surface area contributed by atoms with Gasteiger partial charge in [0.25, 0.3) is 0 Å². The Labute approximate surface area is 101 Å². The first-order valence-electron chi connectivity index (χ1n) is 5.44. The van der Waals surface area contributed by atoms with Gasteiger partial charge in [-0.05, 0) is 29.9 Å². The fourth-order valence-corrected chi connectivity index (χ4v) is 1.78. The Bertz CT molecular complexity index is 345. The van der Waals surface area contributed by atoms with E-state index in [2.05, 4.69) is 0 Å². The second kappa shape index (κ2) is 5.15. The molecule has 0 bridgehead atoms. The first kappa shape index (κ1) is 13.5. The van der Waals surface area contributed by atoms with Crippen LogP contribution in [0.1, 0.15) is 26.3 Å². The quantitative estimate of drug-likeness (QED) is 0.857. The van der Waals surface area contributed by atoms with E-state index in [-0.39, 0.29) is 23.8 Å². The molecule has 90 valence electrons. The van der Waals surface area contributed by atoms with Gasteiger partial charge in [0, 0.05) is 17.2 Å². The van der Waals surface area contributed by atoms with Crippen molar-refractivity contribution < 1.29 is 9.50 Å². The summed E-state index contributed by atoms with van der Waals surface area (Å²) in [4.78, 5) is 0. The summed E-state index contributed by atoms with van der Waals surface area (Å²) in [5.41, 5.74) is 0.153. The molecule has 1 aromatic rings. The molecule has 0 fully saturated rings. The second-order valence-corrected chi connectivity index (χ2v) is 5.25. The summed E-state index contributed by atoms with van der Waals surface area (Å²) in [5, 5.41) is 9.86. The standard InChI is InChI=1S/C13H18ClFO/c1-9(2)13(3,8-16)7-10-11(14)5-4-6-12(10)15/h4-6,9,16H,7-8H2,1-3H3. The van der Waals surface area contributed by atoms with Crippen LogP contribution in [-0.4, -0.2) is 11.7 Å². The Kier molecular flexibility index (Phi) is 4.34. The average Bonchev–Trinajstić information content (AvgIpc) is 2.23. The number of halogens is 2. The molecule has 0 aliphatic heterocycles. The van der Waals surface area contributed by atoms with Crippen molar-refractivity contribution in [2.75, 3.05) is 6.61 Å². The second-order valence-electron chi connectivity index (χ2n) is 4.84. The highest BCUT2D eigenvalue weighted by Crippen LogP contribution is 2.34. The Morgan fingerprint density at radius 1 is 1.44 bits per heavy atom. The molecule has 1 unspecified atom stereocenters. The van der Waals surface area contributed by atoms with Crippen molar-refractivity contribution in [3.05, 3.63) is 34.6 Å². The van der Waals surface area contributed by atoms with Crippen molar-refractivity contribution in [3.63, 3.8) is 0 Å². The van der Waals surface area contributed by atoms with Crippen molar-refractivity contribution in [1.82, 2.24) is 0 Å². The molecule has 1 N–H and O–H groups in total. The van der Waals surface area contributed by atoms with Crippen molar-refractivity contribution in [3.8, 4) is 0 Å². The van der Waals surface area contributed by atoms with Gasteiger partial charge in [-0.1, -0.05) is 38.4 Å². The van der Waals surface area contributed by atoms with E-state index in [0.29, 0.717) is 17.0 Å². The Morgan fingerprint density at radius 2 is 2.06 bits per heavy atom. The lowest BCUT2D eigenvalue weighted by atomic mass is 9.75. The number of rotatable bonds is 4. The van der Waals surface area contributed by atoms with E-state index in [4.69, 9.17) is 11.6 Å². The van der Waals surface area contributed by atoms with E-state index in [0.717, 1.165) is 0 Å². The van der Waals surface area contributed by atoms with Crippen molar-refractivity contribution in [1.29, 1.82) is 0 Å². The zero-order valence-corrected chi connectivity index (χ0v) is 10.7. The number of aliphatic hydroxyl groups excluding tert-OH is 1. The molecule has 0 saturated carbocycles. The maximum atomic E-state index is 13.6. The van der Waals surface area contributed by atoms with Gasteiger partial charge in [0.1, 0.15) is 5.82 Å². The molecule has 1 aromatic carbocycles. The lowest BCUT2D eigenvalue weighted by molar-refractivity contribution is 0.0939. The van der Waals surface area contributed by atoms with Crippen LogP contribution in [0.3, 0.4) is 0 Å². The molecule has 16 heavy (non-hydrogen) atoms. The average molecular weight is 245 g/mol. The minimum Gasteiger partial charge on any atom is -0.396 e. The lowest BCUT2D eigenvalue weighted by Crippen LogP contribution is -2.30. The normalized spacial score (nSPS) is 15.2. The molecule has 0 radical (unpaired) electrons. The predicted molar refractivity (Wildman–Crippen MR) is 65.1 cm³/mol. The highest BCUT2D eigenvalue weighted by atomic mass is 35.5. The zero-order valence-electron chi connectivity index (χ0n) is 9.93. The number of aliphatic hydroxyl groups is 1. The lowest BCUT2D eigenvalue weighted by Gasteiger charge is -2.32. The third-order valence-corrected chi connectivity index (χ3v) is 3.75. The van der Waals surface area contributed by atoms with Crippen LogP contribution in [-0.2, 0) is 6.42 Å². The van der Waals surface area contributed by atoms with Crippen molar-refractivity contribution in [2.24, 2.45) is 11.3 Å². The van der Waals surface area contributed by atoms with Crippen LogP contribution in [0.5, 0.6) is 0 Å². The Morgan fingerprint density at radius 3 is 2.50 bits per heavy atom. The van der Waals surface area contributed by atoms with Gasteiger partial charge in [-0.25, -0.2) is 4.39 Å². The molecule has 0 amide bonds. The van der Waals surface area contributed by atoms with Gasteiger partial charge < -0.3 is 5.11 Å². The Hall–Kier alpha value is -0.600. The van der Waals surface area contributed by atoms with E-state index < -0.39 is 0 Å². The van der Waals surface area contributed by atoms with Crippen LogP contribution in [0.25, 0.3) is 0 Å². The fraction of sp³-hybridized carbons (Fsp3) is 0.538. The summed E-state index contributed by atoms with van der Waals surface area (Å²) in [5.74, 6) is -0.0407. The van der Waals surface area contributed by atoms with Gasteiger partial charge in [0.05, 0.1) is 0 Å². The fourth-order valence-electron chi connectivity index (χ4n) is 1.55. The summed E-state index contributed by atoms with van der Waals surface area (Å²) in [6.45, 7) is 6.01. The largest absolute Gasteiger partial charge is 0.396 e. The molecule has 3 heteroatoms. The van der Waals surface area contributed by atoms with E-state index in [1.54, 1.807) is 12.1 Å². The smallest absolute Gasteiger partial charge is 0.127 e. The van der Waals surface area contributed by atoms with E-state index >= 15 is 0 Å². The first-order valence-corrected chi connectivity index (χ1v) is 5.82. The summed E-state index contributed by atoms with van der Waals surface area (Å²) in [6, 6.07) is 4.67. The number of hydrogen-bond donors (Lipinski definition) is 1. The molecule has 1 rings (SSSR count). The summed E-state index contributed by atoms with van der Waals surface area (Å²) >= 11 is 5.98. The molecular formula is C13H18ClFO. The SMILES string of the molecule is CC(C)C(C)(CO)Cc1c(F)cccc1Cl. The molecule has 0 spiro atoms. The van der Waals surface area contributed by atoms with Crippen molar-refractivity contribution in [2.45, 2.75) is 27.2 Å². The Balaban J connectivity index is 3.03. The van der Waals surface area contributed by atoms with Crippen LogP contribution >= 0.6 is 11.6 Å². The van der Waals surface area contributed by atoms with Gasteiger partial charge in [-0.3, -0.25) is 0 Å². The minimum atomic E-state index is -0.341. The van der Waals surface area contributed by atoms with E-state index in [1.807, 2.05) is 20.8 Å². The van der Waals surface area contributed by atoms with Gasteiger partial charge in [0.2, 0.25) is 0 Å². The van der Waals surface area contributed by atoms with Crippen LogP contribution < -0.4 is 0 Å². The van der Waals surface area contributed by atoms with Gasteiger partial charge in [0.15, 0.2) is 0 Å². The van der Waals surface area contributed by atoms with Crippen LogP contribution in [0.15, 0.2) is 18.2 Å². The first-order chi connectivity index (χ1) is 7.40. The van der Waals surface area contributed by atoms with E-state index in [9.17, 15) is 9.50 Å². The maximum absolute atomic E-state index is 13.6. The highest BCUT2D eigenvalue weighted by Gasteiger charge is 2.29. The highest BCUT2D eigenvalue weighted by molar-refractivity contribution is 6.31. The summed E-state index contributed by atoms with van der Waals surface area (Å²) in [6.07, 6.45) is 0.451. The molecular weight excluding hydrogens is 227 g/mol. The molecule has 1 atom stereocenters. The molecule has 0 aliphatic rings. The van der Waals surface area contributed by atoms with Gasteiger partial charge >= 0.3 is 0 Å². The molecule has 1 nitrogen and oxygen atoms in total. The summed E-state index contributed by atoms with van der Waals surface area (Å²) in [7, 11) is 0. The van der Waals surface area contributed by atoms with Gasteiger partial charge in [-0.2, -0.15) is 0 Å². The molecule has 0 saturated heterocycles. The topological polar surface area (TPSA) is 20.2 Å².